The number of benzene rings is 1. The summed E-state index contributed by atoms with van der Waals surface area (Å²) in [7, 11) is 0. The van der Waals surface area contributed by atoms with E-state index in [-0.39, 0.29) is 5.69 Å². The van der Waals surface area contributed by atoms with E-state index >= 15 is 0 Å². The third-order valence-electron chi connectivity index (χ3n) is 2.38. The van der Waals surface area contributed by atoms with Crippen molar-refractivity contribution in [3.05, 3.63) is 39.8 Å². The van der Waals surface area contributed by atoms with Gasteiger partial charge in [-0.15, -0.1) is 11.3 Å². The van der Waals surface area contributed by atoms with Gasteiger partial charge in [-0.2, -0.15) is 0 Å². The molecule has 0 spiro atoms. The van der Waals surface area contributed by atoms with Crippen LogP contribution in [-0.2, 0) is 0 Å². The van der Waals surface area contributed by atoms with E-state index in [1.165, 1.54) is 17.4 Å². The Labute approximate surface area is 109 Å². The van der Waals surface area contributed by atoms with Crippen molar-refractivity contribution in [2.75, 3.05) is 11.9 Å². The number of nitro benzene ring substituents is 1. The monoisotopic (exact) mass is 263 g/mol. The van der Waals surface area contributed by atoms with Crippen LogP contribution < -0.4 is 5.32 Å². The van der Waals surface area contributed by atoms with Crippen LogP contribution in [0.2, 0.25) is 0 Å². The number of anilines is 1. The first-order chi connectivity index (χ1) is 8.70. The molecule has 0 radical (unpaired) electrons. The second kappa shape index (κ2) is 5.59. The van der Waals surface area contributed by atoms with Gasteiger partial charge in [0.05, 0.1) is 10.6 Å². The third-order valence-corrected chi connectivity index (χ3v) is 3.18. The van der Waals surface area contributed by atoms with Gasteiger partial charge in [0, 0.05) is 29.6 Å². The highest BCUT2D eigenvalue weighted by Crippen LogP contribution is 2.27. The summed E-state index contributed by atoms with van der Waals surface area (Å²) in [4.78, 5) is 14.7. The zero-order valence-electron chi connectivity index (χ0n) is 9.92. The smallest absolute Gasteiger partial charge is 0.270 e. The summed E-state index contributed by atoms with van der Waals surface area (Å²) in [5, 5.41) is 16.6. The van der Waals surface area contributed by atoms with Crippen LogP contribution in [0.5, 0.6) is 0 Å². The first-order valence-electron chi connectivity index (χ1n) is 5.65. The SMILES string of the molecule is CCCNc1nc(-c2cccc([N+](=O)[O-])c2)cs1. The van der Waals surface area contributed by atoms with Gasteiger partial charge in [0.1, 0.15) is 0 Å². The highest BCUT2D eigenvalue weighted by molar-refractivity contribution is 7.14. The van der Waals surface area contributed by atoms with Crippen molar-refractivity contribution in [3.8, 4) is 11.3 Å². The van der Waals surface area contributed by atoms with Crippen molar-refractivity contribution in [1.82, 2.24) is 4.98 Å². The van der Waals surface area contributed by atoms with Gasteiger partial charge in [0.15, 0.2) is 5.13 Å². The molecule has 0 atom stereocenters. The summed E-state index contributed by atoms with van der Waals surface area (Å²) in [6.07, 6.45) is 1.03. The van der Waals surface area contributed by atoms with E-state index < -0.39 is 4.92 Å². The van der Waals surface area contributed by atoms with Gasteiger partial charge >= 0.3 is 0 Å². The lowest BCUT2D eigenvalue weighted by Gasteiger charge is -1.98. The zero-order valence-corrected chi connectivity index (χ0v) is 10.7. The molecule has 0 aliphatic heterocycles. The van der Waals surface area contributed by atoms with E-state index in [1.807, 2.05) is 11.4 Å². The predicted molar refractivity (Wildman–Crippen MR) is 73.0 cm³/mol. The molecular weight excluding hydrogens is 250 g/mol. The molecule has 0 aliphatic carbocycles. The molecule has 5 nitrogen and oxygen atoms in total. The molecule has 0 bridgehead atoms. The predicted octanol–water partition coefficient (Wildman–Crippen LogP) is 3.54. The van der Waals surface area contributed by atoms with Crippen LogP contribution in [0, 0.1) is 10.1 Å². The maximum atomic E-state index is 10.7. The Hall–Kier alpha value is -1.95. The van der Waals surface area contributed by atoms with Crippen LogP contribution in [0.3, 0.4) is 0 Å². The molecule has 1 heterocycles. The molecule has 0 saturated carbocycles. The van der Waals surface area contributed by atoms with Crippen LogP contribution in [-0.4, -0.2) is 16.5 Å². The van der Waals surface area contributed by atoms with Crippen molar-refractivity contribution in [3.63, 3.8) is 0 Å². The number of aromatic nitrogens is 1. The van der Waals surface area contributed by atoms with E-state index in [4.69, 9.17) is 0 Å². The van der Waals surface area contributed by atoms with Crippen molar-refractivity contribution < 1.29 is 4.92 Å². The number of nitrogens with zero attached hydrogens (tertiary/aromatic N) is 2. The quantitative estimate of drug-likeness (QED) is 0.661. The maximum absolute atomic E-state index is 10.7. The number of nitrogens with one attached hydrogen (secondary N) is 1. The lowest BCUT2D eigenvalue weighted by molar-refractivity contribution is -0.384. The van der Waals surface area contributed by atoms with Crippen molar-refractivity contribution in [2.45, 2.75) is 13.3 Å². The first kappa shape index (κ1) is 12.5. The van der Waals surface area contributed by atoms with E-state index in [1.54, 1.807) is 12.1 Å². The lowest BCUT2D eigenvalue weighted by atomic mass is 10.1. The Morgan fingerprint density at radius 2 is 2.33 bits per heavy atom. The molecule has 0 saturated heterocycles. The standard InChI is InChI=1S/C12H13N3O2S/c1-2-6-13-12-14-11(8-18-12)9-4-3-5-10(7-9)15(16)17/h3-5,7-8H,2,6H2,1H3,(H,13,14). The van der Waals surface area contributed by atoms with E-state index in [9.17, 15) is 10.1 Å². The normalized spacial score (nSPS) is 10.3. The van der Waals surface area contributed by atoms with E-state index in [0.717, 1.165) is 29.4 Å². The first-order valence-corrected chi connectivity index (χ1v) is 6.53. The summed E-state index contributed by atoms with van der Waals surface area (Å²) in [5.74, 6) is 0. The van der Waals surface area contributed by atoms with Gasteiger partial charge in [-0.25, -0.2) is 4.98 Å². The highest BCUT2D eigenvalue weighted by atomic mass is 32.1. The summed E-state index contributed by atoms with van der Waals surface area (Å²) in [5.41, 5.74) is 1.62. The molecule has 1 aromatic heterocycles. The molecule has 6 heteroatoms. The van der Waals surface area contributed by atoms with Crippen molar-refractivity contribution >= 4 is 22.2 Å². The molecular formula is C12H13N3O2S. The zero-order chi connectivity index (χ0) is 13.0. The molecule has 2 aromatic rings. The fourth-order valence-corrected chi connectivity index (χ4v) is 2.25. The fourth-order valence-electron chi connectivity index (χ4n) is 1.50. The third kappa shape index (κ3) is 2.84. The maximum Gasteiger partial charge on any atom is 0.270 e. The van der Waals surface area contributed by atoms with Gasteiger partial charge < -0.3 is 5.32 Å². The van der Waals surface area contributed by atoms with Crippen LogP contribution >= 0.6 is 11.3 Å². The number of thiazole rings is 1. The molecule has 0 amide bonds. The van der Waals surface area contributed by atoms with Crippen molar-refractivity contribution in [1.29, 1.82) is 0 Å². The average molecular weight is 263 g/mol. The minimum absolute atomic E-state index is 0.0866. The fraction of sp³-hybridized carbons (Fsp3) is 0.250. The second-order valence-corrected chi connectivity index (χ2v) is 4.63. The van der Waals surface area contributed by atoms with Crippen LogP contribution in [0.15, 0.2) is 29.6 Å². The number of hydrogen-bond acceptors (Lipinski definition) is 5. The minimum atomic E-state index is -0.397. The largest absolute Gasteiger partial charge is 0.362 e. The number of nitro groups is 1. The molecule has 2 rings (SSSR count). The topological polar surface area (TPSA) is 68.1 Å². The van der Waals surface area contributed by atoms with Crippen molar-refractivity contribution in [2.24, 2.45) is 0 Å². The van der Waals surface area contributed by atoms with Gasteiger partial charge in [0.25, 0.3) is 5.69 Å². The Balaban J connectivity index is 2.23. The molecule has 18 heavy (non-hydrogen) atoms. The lowest BCUT2D eigenvalue weighted by Crippen LogP contribution is -1.98. The van der Waals surface area contributed by atoms with Crippen LogP contribution in [0.4, 0.5) is 10.8 Å². The summed E-state index contributed by atoms with van der Waals surface area (Å²) >= 11 is 1.51. The Morgan fingerprint density at radius 1 is 1.50 bits per heavy atom. The van der Waals surface area contributed by atoms with Crippen LogP contribution in [0.1, 0.15) is 13.3 Å². The second-order valence-electron chi connectivity index (χ2n) is 3.77. The van der Waals surface area contributed by atoms with Gasteiger partial charge in [-0.1, -0.05) is 19.1 Å². The summed E-state index contributed by atoms with van der Waals surface area (Å²) in [6, 6.07) is 6.52. The molecule has 0 unspecified atom stereocenters. The summed E-state index contributed by atoms with van der Waals surface area (Å²) in [6.45, 7) is 2.96. The van der Waals surface area contributed by atoms with E-state index in [0.29, 0.717) is 0 Å². The molecule has 1 aromatic carbocycles. The van der Waals surface area contributed by atoms with Crippen LogP contribution in [0.25, 0.3) is 11.3 Å². The van der Waals surface area contributed by atoms with Gasteiger partial charge in [0.2, 0.25) is 0 Å². The molecule has 94 valence electrons. The summed E-state index contributed by atoms with van der Waals surface area (Å²) < 4.78 is 0. The number of rotatable bonds is 5. The highest BCUT2D eigenvalue weighted by Gasteiger charge is 2.09. The Kier molecular flexibility index (Phi) is 3.88. The molecule has 0 fully saturated rings. The Morgan fingerprint density at radius 3 is 3.06 bits per heavy atom. The van der Waals surface area contributed by atoms with Gasteiger partial charge in [-0.3, -0.25) is 10.1 Å². The number of non-ortho nitro benzene ring substituents is 1. The number of hydrogen-bond donors (Lipinski definition) is 1. The van der Waals surface area contributed by atoms with Gasteiger partial charge in [-0.05, 0) is 6.42 Å². The van der Waals surface area contributed by atoms with E-state index in [2.05, 4.69) is 17.2 Å². The minimum Gasteiger partial charge on any atom is -0.362 e. The molecule has 0 aliphatic rings. The average Bonchev–Trinajstić information content (AvgIpc) is 2.85. The molecule has 1 N–H and O–H groups in total. The Bertz CT molecular complexity index is 554.